The number of hydrogen-bond acceptors (Lipinski definition) is 3. The van der Waals surface area contributed by atoms with E-state index < -0.39 is 6.04 Å². The number of amides is 2. The first-order valence-electron chi connectivity index (χ1n) is 6.81. The van der Waals surface area contributed by atoms with Crippen molar-refractivity contribution in [2.24, 2.45) is 0 Å². The Morgan fingerprint density at radius 3 is 2.38 bits per heavy atom. The second kappa shape index (κ2) is 7.88. The highest BCUT2D eigenvalue weighted by Gasteiger charge is 2.15. The van der Waals surface area contributed by atoms with Crippen molar-refractivity contribution in [2.75, 3.05) is 13.2 Å². The van der Waals surface area contributed by atoms with Gasteiger partial charge in [-0.1, -0.05) is 11.6 Å². The first kappa shape index (κ1) is 17.3. The third-order valence-electron chi connectivity index (χ3n) is 2.89. The lowest BCUT2D eigenvalue weighted by molar-refractivity contribution is -0.129. The zero-order valence-electron chi connectivity index (χ0n) is 12.7. The number of carbonyl (C=O) groups is 2. The van der Waals surface area contributed by atoms with Gasteiger partial charge in [0.2, 0.25) is 5.91 Å². The van der Waals surface area contributed by atoms with Crippen molar-refractivity contribution in [3.63, 3.8) is 0 Å². The van der Waals surface area contributed by atoms with Gasteiger partial charge in [-0.15, -0.1) is 0 Å². The SMILES string of the molecule is CCNC(=O)[C@H](C)NC(=O)COc1c(C)cc(Cl)cc1C. The van der Waals surface area contributed by atoms with Gasteiger partial charge in [0, 0.05) is 11.6 Å². The summed E-state index contributed by atoms with van der Waals surface area (Å²) in [7, 11) is 0. The van der Waals surface area contributed by atoms with E-state index in [1.165, 1.54) is 0 Å². The summed E-state index contributed by atoms with van der Waals surface area (Å²) in [5.74, 6) is 0.0763. The number of ether oxygens (including phenoxy) is 1. The number of rotatable bonds is 6. The normalized spacial score (nSPS) is 11.7. The summed E-state index contributed by atoms with van der Waals surface area (Å²) in [6.45, 7) is 7.56. The molecule has 2 N–H and O–H groups in total. The average molecular weight is 313 g/mol. The number of halogens is 1. The fraction of sp³-hybridized carbons (Fsp3) is 0.467. The van der Waals surface area contributed by atoms with Gasteiger partial charge in [-0.25, -0.2) is 0 Å². The van der Waals surface area contributed by atoms with E-state index in [1.54, 1.807) is 19.1 Å². The van der Waals surface area contributed by atoms with E-state index in [0.29, 0.717) is 17.3 Å². The maximum absolute atomic E-state index is 11.8. The molecule has 0 spiro atoms. The molecule has 1 atom stereocenters. The molecule has 0 saturated carbocycles. The van der Waals surface area contributed by atoms with Crippen molar-refractivity contribution in [1.29, 1.82) is 0 Å². The van der Waals surface area contributed by atoms with Crippen LogP contribution in [0.5, 0.6) is 5.75 Å². The zero-order valence-corrected chi connectivity index (χ0v) is 13.5. The highest BCUT2D eigenvalue weighted by atomic mass is 35.5. The Labute approximate surface area is 130 Å². The van der Waals surface area contributed by atoms with Crippen molar-refractivity contribution in [3.05, 3.63) is 28.3 Å². The quantitative estimate of drug-likeness (QED) is 0.844. The number of hydrogen-bond donors (Lipinski definition) is 2. The van der Waals surface area contributed by atoms with Crippen LogP contribution >= 0.6 is 11.6 Å². The number of aryl methyl sites for hydroxylation is 2. The number of nitrogens with one attached hydrogen (secondary N) is 2. The largest absolute Gasteiger partial charge is 0.483 e. The average Bonchev–Trinajstić information content (AvgIpc) is 2.37. The van der Waals surface area contributed by atoms with E-state index >= 15 is 0 Å². The van der Waals surface area contributed by atoms with E-state index in [0.717, 1.165) is 11.1 Å². The number of benzene rings is 1. The first-order valence-corrected chi connectivity index (χ1v) is 7.19. The van der Waals surface area contributed by atoms with Gasteiger partial charge >= 0.3 is 0 Å². The molecule has 0 aliphatic heterocycles. The van der Waals surface area contributed by atoms with Crippen LogP contribution in [0, 0.1) is 13.8 Å². The lowest BCUT2D eigenvalue weighted by atomic mass is 10.1. The summed E-state index contributed by atoms with van der Waals surface area (Å²) in [4.78, 5) is 23.3. The molecule has 1 aromatic carbocycles. The molecule has 0 heterocycles. The second-order valence-corrected chi connectivity index (χ2v) is 5.28. The first-order chi connectivity index (χ1) is 9.85. The van der Waals surface area contributed by atoms with Crippen LogP contribution in [0.15, 0.2) is 12.1 Å². The number of carbonyl (C=O) groups excluding carboxylic acids is 2. The van der Waals surface area contributed by atoms with Crippen molar-refractivity contribution < 1.29 is 14.3 Å². The number of likely N-dealkylation sites (N-methyl/N-ethyl adjacent to an activating group) is 1. The van der Waals surface area contributed by atoms with E-state index in [2.05, 4.69) is 10.6 Å². The van der Waals surface area contributed by atoms with Crippen molar-refractivity contribution in [1.82, 2.24) is 10.6 Å². The maximum Gasteiger partial charge on any atom is 0.258 e. The monoisotopic (exact) mass is 312 g/mol. The fourth-order valence-electron chi connectivity index (χ4n) is 1.94. The molecule has 2 amide bonds. The van der Waals surface area contributed by atoms with Crippen LogP contribution in [-0.4, -0.2) is 31.0 Å². The molecule has 0 aromatic heterocycles. The Morgan fingerprint density at radius 2 is 1.86 bits per heavy atom. The van der Waals surface area contributed by atoms with Crippen LogP contribution in [0.1, 0.15) is 25.0 Å². The van der Waals surface area contributed by atoms with E-state index in [-0.39, 0.29) is 18.4 Å². The topological polar surface area (TPSA) is 67.4 Å². The molecule has 5 nitrogen and oxygen atoms in total. The fourth-order valence-corrected chi connectivity index (χ4v) is 2.27. The highest BCUT2D eigenvalue weighted by molar-refractivity contribution is 6.30. The Bertz CT molecular complexity index is 509. The summed E-state index contributed by atoms with van der Waals surface area (Å²) in [6.07, 6.45) is 0. The molecule has 0 radical (unpaired) electrons. The molecule has 0 aliphatic rings. The van der Waals surface area contributed by atoms with Gasteiger partial charge in [-0.2, -0.15) is 0 Å². The summed E-state index contributed by atoms with van der Waals surface area (Å²) >= 11 is 5.94. The molecule has 0 fully saturated rings. The molecule has 1 aromatic rings. The van der Waals surface area contributed by atoms with Gasteiger partial charge in [0.25, 0.3) is 5.91 Å². The predicted molar refractivity (Wildman–Crippen MR) is 82.7 cm³/mol. The van der Waals surface area contributed by atoms with Gasteiger partial charge in [0.1, 0.15) is 11.8 Å². The predicted octanol–water partition coefficient (Wildman–Crippen LogP) is 1.98. The van der Waals surface area contributed by atoms with Gasteiger partial charge in [-0.3, -0.25) is 9.59 Å². The van der Waals surface area contributed by atoms with Crippen LogP contribution in [-0.2, 0) is 9.59 Å². The third kappa shape index (κ3) is 5.27. The summed E-state index contributed by atoms with van der Waals surface area (Å²) in [6, 6.07) is 2.96. The lowest BCUT2D eigenvalue weighted by Crippen LogP contribution is -2.46. The van der Waals surface area contributed by atoms with Gasteiger partial charge in [-0.05, 0) is 51.0 Å². The summed E-state index contributed by atoms with van der Waals surface area (Å²) in [5.41, 5.74) is 1.73. The Balaban J connectivity index is 2.56. The molecule has 0 saturated heterocycles. The Kier molecular flexibility index (Phi) is 6.49. The van der Waals surface area contributed by atoms with E-state index in [1.807, 2.05) is 20.8 Å². The van der Waals surface area contributed by atoms with Crippen LogP contribution in [0.2, 0.25) is 5.02 Å². The molecule has 0 bridgehead atoms. The molecule has 1 rings (SSSR count). The zero-order chi connectivity index (χ0) is 16.0. The lowest BCUT2D eigenvalue weighted by Gasteiger charge is -2.15. The minimum Gasteiger partial charge on any atom is -0.483 e. The molecular formula is C15H21ClN2O3. The molecule has 0 unspecified atom stereocenters. The van der Waals surface area contributed by atoms with E-state index in [9.17, 15) is 9.59 Å². The molecule has 0 aliphatic carbocycles. The molecule has 116 valence electrons. The summed E-state index contributed by atoms with van der Waals surface area (Å²) in [5, 5.41) is 5.85. The molecule has 6 heteroatoms. The van der Waals surface area contributed by atoms with Crippen LogP contribution in [0.4, 0.5) is 0 Å². The maximum atomic E-state index is 11.8. The minimum atomic E-state index is -0.589. The van der Waals surface area contributed by atoms with Crippen molar-refractivity contribution in [3.8, 4) is 5.75 Å². The molecular weight excluding hydrogens is 292 g/mol. The Morgan fingerprint density at radius 1 is 1.29 bits per heavy atom. The van der Waals surface area contributed by atoms with Gasteiger partial charge in [0.15, 0.2) is 6.61 Å². The third-order valence-corrected chi connectivity index (χ3v) is 3.11. The van der Waals surface area contributed by atoms with Crippen molar-refractivity contribution >= 4 is 23.4 Å². The van der Waals surface area contributed by atoms with E-state index in [4.69, 9.17) is 16.3 Å². The van der Waals surface area contributed by atoms with Crippen LogP contribution < -0.4 is 15.4 Å². The minimum absolute atomic E-state index is 0.146. The van der Waals surface area contributed by atoms with Gasteiger partial charge in [0.05, 0.1) is 0 Å². The summed E-state index contributed by atoms with van der Waals surface area (Å²) < 4.78 is 5.52. The standard InChI is InChI=1S/C15H21ClN2O3/c1-5-17-15(20)11(4)18-13(19)8-21-14-9(2)6-12(16)7-10(14)3/h6-7,11H,5,8H2,1-4H3,(H,17,20)(H,18,19)/t11-/m0/s1. The second-order valence-electron chi connectivity index (χ2n) is 4.84. The van der Waals surface area contributed by atoms with Crippen molar-refractivity contribution in [2.45, 2.75) is 33.7 Å². The van der Waals surface area contributed by atoms with Crippen LogP contribution in [0.3, 0.4) is 0 Å². The van der Waals surface area contributed by atoms with Crippen LogP contribution in [0.25, 0.3) is 0 Å². The highest BCUT2D eigenvalue weighted by Crippen LogP contribution is 2.26. The molecule has 21 heavy (non-hydrogen) atoms. The Hall–Kier alpha value is -1.75. The smallest absolute Gasteiger partial charge is 0.258 e. The van der Waals surface area contributed by atoms with Gasteiger partial charge < -0.3 is 15.4 Å².